The Kier molecular flexibility index (Phi) is 12.7. The van der Waals surface area contributed by atoms with Crippen LogP contribution in [0.3, 0.4) is 0 Å². The number of methoxy groups -OCH3 is 2. The molecule has 0 amide bonds. The number of benzene rings is 4. The maximum absolute atomic E-state index is 6.52. The van der Waals surface area contributed by atoms with Gasteiger partial charge in [-0.2, -0.15) is 0 Å². The fourth-order valence-corrected chi connectivity index (χ4v) is 7.01. The van der Waals surface area contributed by atoms with Gasteiger partial charge >= 0.3 is 0 Å². The van der Waals surface area contributed by atoms with Gasteiger partial charge in [-0.3, -0.25) is 0 Å². The molecule has 4 rings (SSSR count). The van der Waals surface area contributed by atoms with Crippen molar-refractivity contribution in [1.82, 2.24) is 0 Å². The van der Waals surface area contributed by atoms with E-state index in [2.05, 4.69) is 41.5 Å². The molecule has 252 valence electrons. The highest BCUT2D eigenvalue weighted by Crippen LogP contribution is 2.48. The van der Waals surface area contributed by atoms with Crippen LogP contribution in [0.5, 0.6) is 23.0 Å². The van der Waals surface area contributed by atoms with E-state index >= 15 is 0 Å². The molecule has 7 nitrogen and oxygen atoms in total. The Morgan fingerprint density at radius 3 is 1.23 bits per heavy atom. The van der Waals surface area contributed by atoms with Crippen LogP contribution >= 0.6 is 8.15 Å². The highest BCUT2D eigenvalue weighted by atomic mass is 31.1. The number of hydrogen-bond acceptors (Lipinski definition) is 7. The summed E-state index contributed by atoms with van der Waals surface area (Å²) in [5, 5.41) is 1.69. The van der Waals surface area contributed by atoms with Gasteiger partial charge in [-0.05, 0) is 46.2 Å². The Labute approximate surface area is 281 Å². The van der Waals surface area contributed by atoms with E-state index in [9.17, 15) is 0 Å². The lowest BCUT2D eigenvalue weighted by molar-refractivity contribution is 0.00466. The van der Waals surface area contributed by atoms with Gasteiger partial charge < -0.3 is 32.9 Å². The molecule has 0 spiro atoms. The Bertz CT molecular complexity index is 1440. The summed E-state index contributed by atoms with van der Waals surface area (Å²) in [5.74, 6) is 2.82. The summed E-state index contributed by atoms with van der Waals surface area (Å²) in [6.45, 7) is 13.9. The molecule has 0 N–H and O–H groups in total. The minimum atomic E-state index is -1.51. The minimum Gasteiger partial charge on any atom is -0.497 e. The summed E-state index contributed by atoms with van der Waals surface area (Å²) in [4.78, 5) is 0. The zero-order valence-corrected chi connectivity index (χ0v) is 30.1. The van der Waals surface area contributed by atoms with Crippen LogP contribution in [0.2, 0.25) is 0 Å². The molecule has 0 aromatic heterocycles. The molecule has 4 aromatic rings. The van der Waals surface area contributed by atoms with Gasteiger partial charge in [0.25, 0.3) is 0 Å². The van der Waals surface area contributed by atoms with Crippen LogP contribution in [0, 0.1) is 0 Å². The molecule has 0 saturated heterocycles. The van der Waals surface area contributed by atoms with E-state index in [4.69, 9.17) is 32.9 Å². The van der Waals surface area contributed by atoms with Crippen LogP contribution in [-0.4, -0.2) is 34.9 Å². The monoisotopic (exact) mass is 660 g/mol. The van der Waals surface area contributed by atoms with Crippen molar-refractivity contribution in [2.24, 2.45) is 0 Å². The smallest absolute Gasteiger partial charge is 0.189 e. The van der Waals surface area contributed by atoms with Gasteiger partial charge in [-0.15, -0.1) is 0 Å². The maximum Gasteiger partial charge on any atom is 0.189 e. The first-order chi connectivity index (χ1) is 22.5. The Hall–Kier alpha value is -3.61. The zero-order valence-electron chi connectivity index (χ0n) is 29.2. The quantitative estimate of drug-likeness (QED) is 0.0721. The molecule has 0 unspecified atom stereocenters. The van der Waals surface area contributed by atoms with E-state index in [1.165, 1.54) is 0 Å². The average Bonchev–Trinajstić information content (AvgIpc) is 3.05. The summed E-state index contributed by atoms with van der Waals surface area (Å²) in [5.41, 5.74) is 3.55. The normalized spacial score (nSPS) is 11.9. The van der Waals surface area contributed by atoms with Crippen LogP contribution in [0.4, 0.5) is 0 Å². The molecule has 8 heteroatoms. The van der Waals surface area contributed by atoms with Crippen molar-refractivity contribution in [1.29, 1.82) is 0 Å². The first kappa shape index (κ1) is 36.2. The summed E-state index contributed by atoms with van der Waals surface area (Å²) < 4.78 is 43.1. The lowest BCUT2D eigenvalue weighted by atomic mass is 9.86. The molecule has 0 heterocycles. The number of rotatable bonds is 15. The second kappa shape index (κ2) is 16.5. The molecule has 4 aromatic carbocycles. The largest absolute Gasteiger partial charge is 0.497 e. The topological polar surface area (TPSA) is 64.6 Å². The minimum absolute atomic E-state index is 0.0617. The third-order valence-corrected chi connectivity index (χ3v) is 9.49. The Balaban J connectivity index is 1.79. The van der Waals surface area contributed by atoms with E-state index in [0.29, 0.717) is 36.2 Å². The van der Waals surface area contributed by atoms with Crippen molar-refractivity contribution in [2.45, 2.75) is 65.6 Å². The van der Waals surface area contributed by atoms with Crippen LogP contribution in [0.25, 0.3) is 0 Å². The van der Waals surface area contributed by atoms with Crippen LogP contribution in [0.15, 0.2) is 84.9 Å². The van der Waals surface area contributed by atoms with Gasteiger partial charge in [-0.1, -0.05) is 102 Å². The van der Waals surface area contributed by atoms with Gasteiger partial charge in [0, 0.05) is 18.2 Å². The molecule has 0 aliphatic heterocycles. The highest BCUT2D eigenvalue weighted by molar-refractivity contribution is 7.69. The predicted octanol–water partition coefficient (Wildman–Crippen LogP) is 8.40. The van der Waals surface area contributed by atoms with E-state index in [0.717, 1.165) is 32.9 Å². The van der Waals surface area contributed by atoms with Gasteiger partial charge in [0.2, 0.25) is 0 Å². The molecule has 0 aliphatic carbocycles. The lowest BCUT2D eigenvalue weighted by Gasteiger charge is -2.30. The second-order valence-corrected chi connectivity index (χ2v) is 15.1. The molecule has 0 bridgehead atoms. The highest BCUT2D eigenvalue weighted by Gasteiger charge is 2.33. The average molecular weight is 661 g/mol. The van der Waals surface area contributed by atoms with Crippen molar-refractivity contribution in [2.75, 3.05) is 34.9 Å². The standard InChI is InChI=1S/C39H49O7P/c1-38(2,3)32-20-30(40-7)22-34(36(32)45-26-43-24-28-16-12-10-13-17-28)47(42-9)35-23-31(41-8)21-33(39(4,5)6)37(35)46-27-44-25-29-18-14-11-15-19-29/h10-23H,24-27H2,1-9H3. The van der Waals surface area contributed by atoms with E-state index in [-0.39, 0.29) is 24.4 Å². The summed E-state index contributed by atoms with van der Waals surface area (Å²) in [6, 6.07) is 28.1. The van der Waals surface area contributed by atoms with E-state index in [1.54, 1.807) is 21.3 Å². The third kappa shape index (κ3) is 9.71. The molecule has 0 fully saturated rings. The third-order valence-electron chi connectivity index (χ3n) is 7.59. The van der Waals surface area contributed by atoms with Crippen molar-refractivity contribution >= 4 is 18.8 Å². The van der Waals surface area contributed by atoms with Crippen molar-refractivity contribution in [3.63, 3.8) is 0 Å². The number of hydrogen-bond donors (Lipinski definition) is 0. The lowest BCUT2D eigenvalue weighted by Crippen LogP contribution is -2.26. The SMILES string of the molecule is COc1cc(P(OC)c2cc(OC)cc(C(C)(C)C)c2OCOCc2ccccc2)c(OCOCc2ccccc2)c(C(C)(C)C)c1. The first-order valence-electron chi connectivity index (χ1n) is 15.7. The van der Waals surface area contributed by atoms with Crippen molar-refractivity contribution < 1.29 is 32.9 Å². The molecule has 47 heavy (non-hydrogen) atoms. The fraction of sp³-hybridized carbons (Fsp3) is 0.385. The zero-order chi connectivity index (χ0) is 34.0. The molecule has 0 saturated carbocycles. The molecular weight excluding hydrogens is 611 g/mol. The second-order valence-electron chi connectivity index (χ2n) is 13.2. The van der Waals surface area contributed by atoms with Crippen LogP contribution < -0.4 is 29.6 Å². The van der Waals surface area contributed by atoms with Gasteiger partial charge in [0.1, 0.15) is 23.0 Å². The Morgan fingerprint density at radius 2 is 0.915 bits per heavy atom. The molecule has 0 aliphatic rings. The van der Waals surface area contributed by atoms with Gasteiger partial charge in [0.15, 0.2) is 13.6 Å². The molecule has 0 radical (unpaired) electrons. The van der Waals surface area contributed by atoms with Crippen molar-refractivity contribution in [3.05, 3.63) is 107 Å². The van der Waals surface area contributed by atoms with Crippen LogP contribution in [0.1, 0.15) is 63.8 Å². The maximum atomic E-state index is 6.52. The van der Waals surface area contributed by atoms with E-state index in [1.807, 2.05) is 84.9 Å². The summed E-state index contributed by atoms with van der Waals surface area (Å²) in [6.07, 6.45) is 0. The fourth-order valence-electron chi connectivity index (χ4n) is 5.13. The molecular formula is C39H49O7P. The summed E-state index contributed by atoms with van der Waals surface area (Å²) in [7, 11) is 3.55. The predicted molar refractivity (Wildman–Crippen MR) is 190 cm³/mol. The summed E-state index contributed by atoms with van der Waals surface area (Å²) >= 11 is 0. The molecule has 0 atom stereocenters. The van der Waals surface area contributed by atoms with Crippen LogP contribution in [-0.2, 0) is 38.0 Å². The van der Waals surface area contributed by atoms with E-state index < -0.39 is 8.15 Å². The Morgan fingerprint density at radius 1 is 0.532 bits per heavy atom. The van der Waals surface area contributed by atoms with Gasteiger partial charge in [-0.25, -0.2) is 0 Å². The number of ether oxygens (including phenoxy) is 6. The van der Waals surface area contributed by atoms with Crippen molar-refractivity contribution in [3.8, 4) is 23.0 Å². The van der Waals surface area contributed by atoms with Gasteiger partial charge in [0.05, 0.1) is 46.2 Å². The first-order valence-corrected chi connectivity index (χ1v) is 17.0.